The minimum absolute atomic E-state index is 0.120. The smallest absolute Gasteiger partial charge is 0.155 e. The van der Waals surface area contributed by atoms with Gasteiger partial charge in [0, 0.05) is 6.42 Å². The lowest BCUT2D eigenvalue weighted by Gasteiger charge is -2.09. The highest BCUT2D eigenvalue weighted by molar-refractivity contribution is 7.92. The highest BCUT2D eigenvalue weighted by atomic mass is 32.2. The lowest BCUT2D eigenvalue weighted by atomic mass is 10.2. The van der Waals surface area contributed by atoms with Crippen LogP contribution in [0.4, 0.5) is 0 Å². The van der Waals surface area contributed by atoms with Crippen LogP contribution in [-0.4, -0.2) is 31.3 Å². The van der Waals surface area contributed by atoms with Crippen molar-refractivity contribution in [2.75, 3.05) is 5.75 Å². The third kappa shape index (κ3) is 2.21. The SMILES string of the molecule is CCC(N)=NC1CCS(=O)(=O)C1C. The van der Waals surface area contributed by atoms with Crippen LogP contribution in [0.3, 0.4) is 0 Å². The van der Waals surface area contributed by atoms with E-state index in [4.69, 9.17) is 5.73 Å². The number of aliphatic imine (C=N–C) groups is 1. The Balaban J connectivity index is 2.77. The van der Waals surface area contributed by atoms with Crippen LogP contribution in [0, 0.1) is 0 Å². The highest BCUT2D eigenvalue weighted by Gasteiger charge is 2.36. The van der Waals surface area contributed by atoms with Gasteiger partial charge in [-0.1, -0.05) is 6.92 Å². The molecule has 2 N–H and O–H groups in total. The van der Waals surface area contributed by atoms with Crippen molar-refractivity contribution in [1.29, 1.82) is 0 Å². The van der Waals surface area contributed by atoms with Gasteiger partial charge in [-0.3, -0.25) is 4.99 Å². The van der Waals surface area contributed by atoms with E-state index in [1.807, 2.05) is 6.92 Å². The van der Waals surface area contributed by atoms with Crippen LogP contribution in [0.1, 0.15) is 26.7 Å². The molecule has 0 radical (unpaired) electrons. The molecule has 5 heteroatoms. The van der Waals surface area contributed by atoms with Crippen molar-refractivity contribution in [3.05, 3.63) is 0 Å². The Hall–Kier alpha value is -0.580. The predicted molar refractivity (Wildman–Crippen MR) is 53.6 cm³/mol. The summed E-state index contributed by atoms with van der Waals surface area (Å²) in [7, 11) is -2.89. The van der Waals surface area contributed by atoms with Gasteiger partial charge in [-0.2, -0.15) is 0 Å². The summed E-state index contributed by atoms with van der Waals surface area (Å²) >= 11 is 0. The minimum Gasteiger partial charge on any atom is -0.387 e. The number of nitrogens with two attached hydrogens (primary N) is 1. The van der Waals surface area contributed by atoms with Gasteiger partial charge in [0.15, 0.2) is 9.84 Å². The van der Waals surface area contributed by atoms with Crippen molar-refractivity contribution in [2.45, 2.75) is 38.0 Å². The molecule has 13 heavy (non-hydrogen) atoms. The minimum atomic E-state index is -2.89. The Morgan fingerprint density at radius 2 is 2.23 bits per heavy atom. The van der Waals surface area contributed by atoms with Crippen LogP contribution in [0.5, 0.6) is 0 Å². The number of amidine groups is 1. The van der Waals surface area contributed by atoms with E-state index in [2.05, 4.69) is 4.99 Å². The quantitative estimate of drug-likeness (QED) is 0.520. The summed E-state index contributed by atoms with van der Waals surface area (Å²) in [5, 5.41) is -0.363. The molecule has 4 nitrogen and oxygen atoms in total. The molecule has 1 saturated heterocycles. The molecule has 0 spiro atoms. The maximum Gasteiger partial charge on any atom is 0.155 e. The molecule has 1 rings (SSSR count). The lowest BCUT2D eigenvalue weighted by molar-refractivity contribution is 0.586. The van der Waals surface area contributed by atoms with Gasteiger partial charge < -0.3 is 5.73 Å². The summed E-state index contributed by atoms with van der Waals surface area (Å²) in [6, 6.07) is -0.120. The van der Waals surface area contributed by atoms with Gasteiger partial charge in [0.05, 0.1) is 22.9 Å². The molecule has 0 amide bonds. The molecule has 76 valence electrons. The van der Waals surface area contributed by atoms with Crippen LogP contribution >= 0.6 is 0 Å². The molecule has 1 fully saturated rings. The third-order valence-electron chi connectivity index (χ3n) is 2.50. The van der Waals surface area contributed by atoms with Crippen LogP contribution in [0.2, 0.25) is 0 Å². The Morgan fingerprint density at radius 3 is 2.62 bits per heavy atom. The summed E-state index contributed by atoms with van der Waals surface area (Å²) in [4.78, 5) is 4.19. The molecular weight excluding hydrogens is 188 g/mol. The molecule has 1 heterocycles. The van der Waals surface area contributed by atoms with Crippen molar-refractivity contribution in [2.24, 2.45) is 10.7 Å². The molecule has 0 saturated carbocycles. The fourth-order valence-electron chi connectivity index (χ4n) is 1.42. The Kier molecular flexibility index (Phi) is 2.95. The van der Waals surface area contributed by atoms with E-state index in [0.717, 1.165) is 0 Å². The van der Waals surface area contributed by atoms with Gasteiger partial charge in [0.1, 0.15) is 0 Å². The summed E-state index contributed by atoms with van der Waals surface area (Å²) in [5.41, 5.74) is 5.56. The van der Waals surface area contributed by atoms with E-state index >= 15 is 0 Å². The fraction of sp³-hybridized carbons (Fsp3) is 0.875. The normalized spacial score (nSPS) is 33.5. The molecule has 1 aliphatic heterocycles. The molecule has 0 aromatic rings. The van der Waals surface area contributed by atoms with Crippen molar-refractivity contribution < 1.29 is 8.42 Å². The van der Waals surface area contributed by atoms with Crippen LogP contribution < -0.4 is 5.73 Å². The van der Waals surface area contributed by atoms with E-state index in [9.17, 15) is 8.42 Å². The zero-order valence-electron chi connectivity index (χ0n) is 8.03. The second-order valence-corrected chi connectivity index (χ2v) is 5.88. The number of hydrogen-bond acceptors (Lipinski definition) is 3. The van der Waals surface area contributed by atoms with Gasteiger partial charge in [-0.05, 0) is 13.3 Å². The van der Waals surface area contributed by atoms with Crippen LogP contribution in [0.15, 0.2) is 4.99 Å². The Morgan fingerprint density at radius 1 is 1.62 bits per heavy atom. The Labute approximate surface area is 79.1 Å². The predicted octanol–water partition coefficient (Wildman–Crippen LogP) is 0.329. The van der Waals surface area contributed by atoms with E-state index in [0.29, 0.717) is 18.7 Å². The first kappa shape index (κ1) is 10.5. The summed E-state index contributed by atoms with van der Waals surface area (Å²) in [6.45, 7) is 3.62. The van der Waals surface area contributed by atoms with Crippen molar-refractivity contribution in [3.63, 3.8) is 0 Å². The van der Waals surface area contributed by atoms with E-state index in [1.165, 1.54) is 0 Å². The first-order valence-corrected chi connectivity index (χ1v) is 6.22. The van der Waals surface area contributed by atoms with Gasteiger partial charge in [0.2, 0.25) is 0 Å². The first-order valence-electron chi connectivity index (χ1n) is 4.51. The maximum absolute atomic E-state index is 11.3. The average molecular weight is 204 g/mol. The van der Waals surface area contributed by atoms with Crippen LogP contribution in [-0.2, 0) is 9.84 Å². The summed E-state index contributed by atoms with van der Waals surface area (Å²) in [5.74, 6) is 0.799. The average Bonchev–Trinajstić information content (AvgIpc) is 2.32. The van der Waals surface area contributed by atoms with Gasteiger partial charge in [0.25, 0.3) is 0 Å². The largest absolute Gasteiger partial charge is 0.387 e. The zero-order chi connectivity index (χ0) is 10.1. The van der Waals surface area contributed by atoms with E-state index in [1.54, 1.807) is 6.92 Å². The number of rotatable bonds is 2. The zero-order valence-corrected chi connectivity index (χ0v) is 8.84. The molecular formula is C8H16N2O2S. The van der Waals surface area contributed by atoms with Gasteiger partial charge >= 0.3 is 0 Å². The monoisotopic (exact) mass is 204 g/mol. The van der Waals surface area contributed by atoms with Crippen molar-refractivity contribution in [1.82, 2.24) is 0 Å². The summed E-state index contributed by atoms with van der Waals surface area (Å²) < 4.78 is 22.7. The Bertz CT molecular complexity index is 308. The molecule has 0 bridgehead atoms. The van der Waals surface area contributed by atoms with Crippen molar-refractivity contribution >= 4 is 15.7 Å². The highest BCUT2D eigenvalue weighted by Crippen LogP contribution is 2.23. The van der Waals surface area contributed by atoms with E-state index < -0.39 is 9.84 Å². The molecule has 1 aliphatic rings. The second kappa shape index (κ2) is 3.65. The van der Waals surface area contributed by atoms with Crippen LogP contribution in [0.25, 0.3) is 0 Å². The lowest BCUT2D eigenvalue weighted by Crippen LogP contribution is -2.24. The van der Waals surface area contributed by atoms with E-state index in [-0.39, 0.29) is 17.0 Å². The maximum atomic E-state index is 11.3. The molecule has 0 aromatic heterocycles. The first-order chi connectivity index (χ1) is 5.97. The molecule has 0 aliphatic carbocycles. The number of nitrogens with zero attached hydrogens (tertiary/aromatic N) is 1. The fourth-order valence-corrected chi connectivity index (χ4v) is 3.04. The standard InChI is InChI=1S/C8H16N2O2S/c1-3-8(9)10-7-4-5-13(11,12)6(7)2/h6-7H,3-5H2,1-2H3,(H2,9,10). The number of hydrogen-bond donors (Lipinski definition) is 1. The molecule has 2 atom stereocenters. The molecule has 2 unspecified atom stereocenters. The topological polar surface area (TPSA) is 72.5 Å². The van der Waals surface area contributed by atoms with Gasteiger partial charge in [-0.15, -0.1) is 0 Å². The van der Waals surface area contributed by atoms with Gasteiger partial charge in [-0.25, -0.2) is 8.42 Å². The number of sulfone groups is 1. The molecule has 0 aromatic carbocycles. The second-order valence-electron chi connectivity index (χ2n) is 3.40. The van der Waals surface area contributed by atoms with Crippen molar-refractivity contribution in [3.8, 4) is 0 Å². The third-order valence-corrected chi connectivity index (χ3v) is 4.75. The summed E-state index contributed by atoms with van der Waals surface area (Å²) in [6.07, 6.45) is 1.30.